The lowest BCUT2D eigenvalue weighted by Gasteiger charge is -2.08. The van der Waals surface area contributed by atoms with Crippen molar-refractivity contribution in [3.05, 3.63) is 53.2 Å². The monoisotopic (exact) mass is 249 g/mol. The first-order valence-electron chi connectivity index (χ1n) is 5.82. The molecule has 0 radical (unpaired) electrons. The molecule has 2 nitrogen and oxygen atoms in total. The minimum atomic E-state index is -0.0705. The smallest absolute Gasteiger partial charge is 0.108 e. The molecule has 3 heteroatoms. The molecule has 17 heavy (non-hydrogen) atoms. The molecule has 2 rings (SSSR count). The molecule has 0 aromatic carbocycles. The highest BCUT2D eigenvalue weighted by Crippen LogP contribution is 2.28. The minimum absolute atomic E-state index is 0.0705. The number of rotatable bonds is 4. The highest BCUT2D eigenvalue weighted by Gasteiger charge is 2.15. The van der Waals surface area contributed by atoms with Gasteiger partial charge in [0.05, 0.1) is 11.6 Å². The number of hydrogen-bond donors (Lipinski definition) is 0. The van der Waals surface area contributed by atoms with Crippen molar-refractivity contribution in [3.8, 4) is 0 Å². The summed E-state index contributed by atoms with van der Waals surface area (Å²) in [6.07, 6.45) is 5.17. The average molecular weight is 250 g/mol. The number of aryl methyl sites for hydroxylation is 2. The summed E-state index contributed by atoms with van der Waals surface area (Å²) in [6, 6.07) is 6.03. The first kappa shape index (κ1) is 12.2. The van der Waals surface area contributed by atoms with Crippen molar-refractivity contribution in [1.29, 1.82) is 0 Å². The Balaban J connectivity index is 2.11. The van der Waals surface area contributed by atoms with E-state index in [-0.39, 0.29) is 5.38 Å². The Kier molecular flexibility index (Phi) is 3.85. The maximum atomic E-state index is 6.41. The number of alkyl halides is 1. The predicted octanol–water partition coefficient (Wildman–Crippen LogP) is 4.07. The van der Waals surface area contributed by atoms with E-state index in [9.17, 15) is 0 Å². The van der Waals surface area contributed by atoms with Crippen molar-refractivity contribution in [2.24, 2.45) is 0 Å². The normalized spacial score (nSPS) is 12.6. The number of halogens is 1. The summed E-state index contributed by atoms with van der Waals surface area (Å²) >= 11 is 6.41. The largest absolute Gasteiger partial charge is 0.469 e. The van der Waals surface area contributed by atoms with E-state index in [1.807, 2.05) is 25.3 Å². The van der Waals surface area contributed by atoms with Crippen LogP contribution in [0.1, 0.15) is 34.9 Å². The zero-order chi connectivity index (χ0) is 12.3. The fourth-order valence-electron chi connectivity index (χ4n) is 1.83. The van der Waals surface area contributed by atoms with Crippen molar-refractivity contribution in [1.82, 2.24) is 4.98 Å². The third kappa shape index (κ3) is 2.89. The van der Waals surface area contributed by atoms with Crippen LogP contribution in [0.5, 0.6) is 0 Å². The summed E-state index contributed by atoms with van der Waals surface area (Å²) in [6.45, 7) is 4.09. The van der Waals surface area contributed by atoms with Gasteiger partial charge in [0.15, 0.2) is 0 Å². The van der Waals surface area contributed by atoms with E-state index in [0.717, 1.165) is 35.4 Å². The number of furan rings is 1. The maximum Gasteiger partial charge on any atom is 0.108 e. The zero-order valence-electron chi connectivity index (χ0n) is 10.1. The molecule has 2 aromatic heterocycles. The summed E-state index contributed by atoms with van der Waals surface area (Å²) in [4.78, 5) is 4.37. The second-order valence-electron chi connectivity index (χ2n) is 4.15. The standard InChI is InChI=1S/C14H16ClNO/c1-3-14-12(6-7-17-14)13(15)8-11-5-4-10(2)9-16-11/h4-7,9,13H,3,8H2,1-2H3. The van der Waals surface area contributed by atoms with Gasteiger partial charge < -0.3 is 4.42 Å². The molecule has 1 atom stereocenters. The highest BCUT2D eigenvalue weighted by molar-refractivity contribution is 6.21. The molecule has 2 aromatic rings. The fourth-order valence-corrected chi connectivity index (χ4v) is 2.18. The number of nitrogens with zero attached hydrogens (tertiary/aromatic N) is 1. The van der Waals surface area contributed by atoms with Crippen LogP contribution >= 0.6 is 11.6 Å². The third-order valence-electron chi connectivity index (χ3n) is 2.80. The zero-order valence-corrected chi connectivity index (χ0v) is 10.9. The highest BCUT2D eigenvalue weighted by atomic mass is 35.5. The summed E-state index contributed by atoms with van der Waals surface area (Å²) in [5.74, 6) is 0.970. The van der Waals surface area contributed by atoms with Crippen molar-refractivity contribution in [2.45, 2.75) is 32.1 Å². The van der Waals surface area contributed by atoms with Gasteiger partial charge in [-0.3, -0.25) is 4.98 Å². The Morgan fingerprint density at radius 1 is 1.35 bits per heavy atom. The van der Waals surface area contributed by atoms with Gasteiger partial charge in [-0.15, -0.1) is 11.6 Å². The van der Waals surface area contributed by atoms with E-state index in [0.29, 0.717) is 0 Å². The van der Waals surface area contributed by atoms with E-state index in [4.69, 9.17) is 16.0 Å². The quantitative estimate of drug-likeness (QED) is 0.764. The van der Waals surface area contributed by atoms with E-state index in [2.05, 4.69) is 18.0 Å². The molecule has 0 aliphatic heterocycles. The molecule has 0 saturated heterocycles. The lowest BCUT2D eigenvalue weighted by Crippen LogP contribution is -1.99. The van der Waals surface area contributed by atoms with E-state index in [1.165, 1.54) is 0 Å². The van der Waals surface area contributed by atoms with Gasteiger partial charge in [-0.05, 0) is 24.6 Å². The maximum absolute atomic E-state index is 6.41. The number of hydrogen-bond acceptors (Lipinski definition) is 2. The predicted molar refractivity (Wildman–Crippen MR) is 69.4 cm³/mol. The van der Waals surface area contributed by atoms with Gasteiger partial charge in [0.25, 0.3) is 0 Å². The lowest BCUT2D eigenvalue weighted by molar-refractivity contribution is 0.510. The molecule has 90 valence electrons. The van der Waals surface area contributed by atoms with Gasteiger partial charge in [0.2, 0.25) is 0 Å². The topological polar surface area (TPSA) is 26.0 Å². The Bertz CT molecular complexity index is 475. The number of aromatic nitrogens is 1. The molecule has 0 fully saturated rings. The van der Waals surface area contributed by atoms with Gasteiger partial charge in [-0.2, -0.15) is 0 Å². The first-order valence-corrected chi connectivity index (χ1v) is 6.26. The first-order chi connectivity index (χ1) is 8.20. The fraction of sp³-hybridized carbons (Fsp3) is 0.357. The lowest BCUT2D eigenvalue weighted by atomic mass is 10.1. The third-order valence-corrected chi connectivity index (χ3v) is 3.19. The molecule has 0 saturated carbocycles. The molecule has 0 spiro atoms. The van der Waals surface area contributed by atoms with Gasteiger partial charge in [0.1, 0.15) is 5.76 Å². The van der Waals surface area contributed by atoms with E-state index >= 15 is 0 Å². The van der Waals surface area contributed by atoms with Gasteiger partial charge in [0, 0.05) is 30.3 Å². The van der Waals surface area contributed by atoms with Gasteiger partial charge in [-0.1, -0.05) is 13.0 Å². The van der Waals surface area contributed by atoms with Crippen LogP contribution in [0.25, 0.3) is 0 Å². The van der Waals surface area contributed by atoms with Crippen LogP contribution in [-0.2, 0) is 12.8 Å². The summed E-state index contributed by atoms with van der Waals surface area (Å²) in [5.41, 5.74) is 3.26. The van der Waals surface area contributed by atoms with Gasteiger partial charge in [-0.25, -0.2) is 0 Å². The molecular formula is C14H16ClNO. The van der Waals surface area contributed by atoms with Crippen LogP contribution in [0.4, 0.5) is 0 Å². The summed E-state index contributed by atoms with van der Waals surface area (Å²) in [5, 5.41) is -0.0705. The summed E-state index contributed by atoms with van der Waals surface area (Å²) in [7, 11) is 0. The molecule has 0 aliphatic rings. The van der Waals surface area contributed by atoms with Crippen LogP contribution in [0.3, 0.4) is 0 Å². The Labute approximate surface area is 107 Å². The second kappa shape index (κ2) is 5.37. The van der Waals surface area contributed by atoms with Crippen molar-refractivity contribution < 1.29 is 4.42 Å². The Morgan fingerprint density at radius 3 is 2.82 bits per heavy atom. The van der Waals surface area contributed by atoms with E-state index in [1.54, 1.807) is 6.26 Å². The molecule has 2 heterocycles. The molecular weight excluding hydrogens is 234 g/mol. The second-order valence-corrected chi connectivity index (χ2v) is 4.68. The van der Waals surface area contributed by atoms with Gasteiger partial charge >= 0.3 is 0 Å². The molecule has 0 aliphatic carbocycles. The van der Waals surface area contributed by atoms with Crippen molar-refractivity contribution in [3.63, 3.8) is 0 Å². The van der Waals surface area contributed by atoms with Crippen molar-refractivity contribution in [2.75, 3.05) is 0 Å². The van der Waals surface area contributed by atoms with E-state index < -0.39 is 0 Å². The number of pyridine rings is 1. The van der Waals surface area contributed by atoms with Crippen LogP contribution < -0.4 is 0 Å². The summed E-state index contributed by atoms with van der Waals surface area (Å²) < 4.78 is 5.39. The Morgan fingerprint density at radius 2 is 2.18 bits per heavy atom. The molecule has 1 unspecified atom stereocenters. The van der Waals surface area contributed by atoms with Crippen LogP contribution in [0.2, 0.25) is 0 Å². The average Bonchev–Trinajstić information content (AvgIpc) is 2.80. The van der Waals surface area contributed by atoms with Crippen LogP contribution in [-0.4, -0.2) is 4.98 Å². The molecule has 0 bridgehead atoms. The SMILES string of the molecule is CCc1occc1C(Cl)Cc1ccc(C)cn1. The van der Waals surface area contributed by atoms with Crippen molar-refractivity contribution >= 4 is 11.6 Å². The Hall–Kier alpha value is -1.28. The van der Waals surface area contributed by atoms with Crippen LogP contribution in [0.15, 0.2) is 35.1 Å². The molecule has 0 amide bonds. The molecule has 0 N–H and O–H groups in total. The van der Waals surface area contributed by atoms with Crippen LogP contribution in [0, 0.1) is 6.92 Å². The minimum Gasteiger partial charge on any atom is -0.469 e.